The molecule has 0 fully saturated rings. The van der Waals surface area contributed by atoms with Gasteiger partial charge in [-0.05, 0) is 55.2 Å². The van der Waals surface area contributed by atoms with Crippen molar-refractivity contribution in [1.82, 2.24) is 10.3 Å². The van der Waals surface area contributed by atoms with Gasteiger partial charge in [-0.25, -0.2) is 4.39 Å². The zero-order valence-electron chi connectivity index (χ0n) is 16.1. The third-order valence-corrected chi connectivity index (χ3v) is 5.01. The molecule has 3 rings (SSSR count). The number of amides is 1. The van der Waals surface area contributed by atoms with Gasteiger partial charge in [0.25, 0.3) is 0 Å². The Hall–Kier alpha value is -3.15. The van der Waals surface area contributed by atoms with Gasteiger partial charge in [-0.2, -0.15) is 0 Å². The molecular weight excluding hydrogens is 359 g/mol. The first kappa shape index (κ1) is 19.6. The number of aliphatic carboxylic acids is 1. The van der Waals surface area contributed by atoms with Gasteiger partial charge in [0.1, 0.15) is 5.82 Å². The highest BCUT2D eigenvalue weighted by atomic mass is 19.1. The highest BCUT2D eigenvalue weighted by Gasteiger charge is 2.21. The van der Waals surface area contributed by atoms with E-state index in [4.69, 9.17) is 0 Å². The summed E-state index contributed by atoms with van der Waals surface area (Å²) in [6.45, 7) is 5.94. The second-order valence-electron chi connectivity index (χ2n) is 7.12. The molecule has 0 bridgehead atoms. The summed E-state index contributed by atoms with van der Waals surface area (Å²) in [5.41, 5.74) is 5.57. The fourth-order valence-corrected chi connectivity index (χ4v) is 3.56. The molecule has 3 aromatic rings. The molecular formula is C22H23FN2O3. The van der Waals surface area contributed by atoms with E-state index in [0.717, 1.165) is 33.3 Å². The van der Waals surface area contributed by atoms with Gasteiger partial charge in [0.05, 0.1) is 18.9 Å². The van der Waals surface area contributed by atoms with Gasteiger partial charge in [0.15, 0.2) is 0 Å². The number of hydrogen-bond donors (Lipinski definition) is 3. The Morgan fingerprint density at radius 2 is 1.71 bits per heavy atom. The average Bonchev–Trinajstić information content (AvgIpc) is 2.95. The summed E-state index contributed by atoms with van der Waals surface area (Å²) in [5.74, 6) is -1.73. The minimum Gasteiger partial charge on any atom is -0.481 e. The molecule has 6 heteroatoms. The molecule has 0 aliphatic carbocycles. The number of carboxylic acids is 1. The summed E-state index contributed by atoms with van der Waals surface area (Å²) in [5, 5.41) is 13.0. The average molecular weight is 382 g/mol. The number of aromatic nitrogens is 1. The Labute approximate surface area is 162 Å². The molecule has 0 radical (unpaired) electrons. The van der Waals surface area contributed by atoms with Crippen LogP contribution in [0.1, 0.15) is 40.4 Å². The first-order valence-corrected chi connectivity index (χ1v) is 9.10. The van der Waals surface area contributed by atoms with Crippen LogP contribution in [0.3, 0.4) is 0 Å². The molecule has 2 aromatic carbocycles. The summed E-state index contributed by atoms with van der Waals surface area (Å²) < 4.78 is 13.2. The predicted molar refractivity (Wildman–Crippen MR) is 106 cm³/mol. The number of carboxylic acid groups (broad SMARTS) is 1. The van der Waals surface area contributed by atoms with Crippen LogP contribution in [0.5, 0.6) is 0 Å². The van der Waals surface area contributed by atoms with Crippen molar-refractivity contribution in [2.24, 2.45) is 0 Å². The maximum atomic E-state index is 13.2. The highest BCUT2D eigenvalue weighted by Crippen LogP contribution is 2.28. The lowest BCUT2D eigenvalue weighted by Gasteiger charge is -2.18. The van der Waals surface area contributed by atoms with Crippen LogP contribution in [0, 0.1) is 26.6 Å². The summed E-state index contributed by atoms with van der Waals surface area (Å²) in [7, 11) is 0. The Kier molecular flexibility index (Phi) is 5.49. The van der Waals surface area contributed by atoms with Crippen molar-refractivity contribution in [2.45, 2.75) is 39.7 Å². The lowest BCUT2D eigenvalue weighted by atomic mass is 10.00. The molecule has 3 N–H and O–H groups in total. The van der Waals surface area contributed by atoms with E-state index in [9.17, 15) is 19.1 Å². The van der Waals surface area contributed by atoms with Crippen LogP contribution < -0.4 is 5.32 Å². The molecule has 0 aliphatic rings. The Morgan fingerprint density at radius 3 is 2.36 bits per heavy atom. The molecule has 1 unspecified atom stereocenters. The van der Waals surface area contributed by atoms with Crippen molar-refractivity contribution in [3.8, 4) is 0 Å². The van der Waals surface area contributed by atoms with Crippen LogP contribution in [0.15, 0.2) is 36.4 Å². The van der Waals surface area contributed by atoms with Crippen molar-refractivity contribution in [2.75, 3.05) is 0 Å². The topological polar surface area (TPSA) is 82.2 Å². The number of aryl methyl sites for hydroxylation is 3. The van der Waals surface area contributed by atoms with Crippen molar-refractivity contribution in [3.05, 3.63) is 70.2 Å². The summed E-state index contributed by atoms with van der Waals surface area (Å²) in [4.78, 5) is 27.3. The summed E-state index contributed by atoms with van der Waals surface area (Å²) >= 11 is 0. The van der Waals surface area contributed by atoms with Crippen LogP contribution in [-0.2, 0) is 16.0 Å². The molecule has 1 aromatic heterocycles. The summed E-state index contributed by atoms with van der Waals surface area (Å²) in [6.07, 6.45) is -0.143. The van der Waals surface area contributed by atoms with Gasteiger partial charge in [-0.15, -0.1) is 0 Å². The molecule has 1 atom stereocenters. The van der Waals surface area contributed by atoms with E-state index in [1.54, 1.807) is 0 Å². The van der Waals surface area contributed by atoms with E-state index in [-0.39, 0.29) is 18.7 Å². The Bertz CT molecular complexity index is 1040. The number of carbonyl (C=O) groups excluding carboxylic acids is 1. The number of nitrogens with one attached hydrogen (secondary N) is 2. The van der Waals surface area contributed by atoms with Gasteiger partial charge in [-0.3, -0.25) is 9.59 Å². The van der Waals surface area contributed by atoms with Crippen molar-refractivity contribution in [1.29, 1.82) is 0 Å². The quantitative estimate of drug-likeness (QED) is 0.600. The fraction of sp³-hybridized carbons (Fsp3) is 0.273. The van der Waals surface area contributed by atoms with Gasteiger partial charge < -0.3 is 15.4 Å². The maximum Gasteiger partial charge on any atom is 0.305 e. The minimum atomic E-state index is -1.04. The Morgan fingerprint density at radius 1 is 1.07 bits per heavy atom. The number of halogens is 1. The molecule has 0 aliphatic heterocycles. The first-order chi connectivity index (χ1) is 13.3. The number of fused-ring (bicyclic) bond motifs is 1. The first-order valence-electron chi connectivity index (χ1n) is 9.10. The number of carbonyl (C=O) groups is 2. The number of benzene rings is 2. The lowest BCUT2D eigenvalue weighted by Crippen LogP contribution is -2.31. The zero-order valence-corrected chi connectivity index (χ0v) is 16.1. The van der Waals surface area contributed by atoms with Crippen molar-refractivity contribution < 1.29 is 19.1 Å². The molecule has 28 heavy (non-hydrogen) atoms. The molecule has 1 amide bonds. The van der Waals surface area contributed by atoms with Crippen molar-refractivity contribution in [3.63, 3.8) is 0 Å². The van der Waals surface area contributed by atoms with E-state index < -0.39 is 17.8 Å². The van der Waals surface area contributed by atoms with Crippen molar-refractivity contribution >= 4 is 22.8 Å². The largest absolute Gasteiger partial charge is 0.481 e. The van der Waals surface area contributed by atoms with Crippen LogP contribution >= 0.6 is 0 Å². The van der Waals surface area contributed by atoms with Gasteiger partial charge >= 0.3 is 5.97 Å². The molecule has 0 saturated carbocycles. The van der Waals surface area contributed by atoms with Gasteiger partial charge in [0, 0.05) is 16.6 Å². The predicted octanol–water partition coefficient (Wildman–Crippen LogP) is 4.11. The fourth-order valence-electron chi connectivity index (χ4n) is 3.56. The minimum absolute atomic E-state index is 0.132. The number of rotatable bonds is 6. The van der Waals surface area contributed by atoms with Crippen LogP contribution in [-0.4, -0.2) is 22.0 Å². The molecule has 0 saturated heterocycles. The highest BCUT2D eigenvalue weighted by molar-refractivity contribution is 5.94. The number of aromatic amines is 1. The van der Waals surface area contributed by atoms with Crippen LogP contribution in [0.4, 0.5) is 4.39 Å². The van der Waals surface area contributed by atoms with Gasteiger partial charge in [0.2, 0.25) is 5.91 Å². The third kappa shape index (κ3) is 4.06. The molecule has 0 spiro atoms. The number of H-pyrrole nitrogens is 1. The van der Waals surface area contributed by atoms with Gasteiger partial charge in [-0.1, -0.05) is 24.3 Å². The van der Waals surface area contributed by atoms with E-state index in [1.807, 2.05) is 32.9 Å². The van der Waals surface area contributed by atoms with E-state index >= 15 is 0 Å². The lowest BCUT2D eigenvalue weighted by molar-refractivity contribution is -0.137. The normalized spacial score (nSPS) is 12.1. The Balaban J connectivity index is 1.86. The maximum absolute atomic E-state index is 13.2. The smallest absolute Gasteiger partial charge is 0.305 e. The van der Waals surface area contributed by atoms with Crippen LogP contribution in [0.25, 0.3) is 10.9 Å². The second kappa shape index (κ2) is 7.84. The van der Waals surface area contributed by atoms with Crippen LogP contribution in [0.2, 0.25) is 0 Å². The summed E-state index contributed by atoms with van der Waals surface area (Å²) in [6, 6.07) is 8.84. The zero-order chi connectivity index (χ0) is 20.4. The third-order valence-electron chi connectivity index (χ3n) is 5.01. The molecule has 146 valence electrons. The second-order valence-corrected chi connectivity index (χ2v) is 7.12. The molecule has 1 heterocycles. The monoisotopic (exact) mass is 382 g/mol. The standard InChI is InChI=1S/C22H23FN2O3/c1-12-4-5-13(2)22-21(12)17(14(3)24-22)10-19(26)25-18(11-20(27)28)15-6-8-16(23)9-7-15/h4-9,18,24H,10-11H2,1-3H3,(H,25,26)(H,27,28). The molecule has 5 nitrogen and oxygen atoms in total. The van der Waals surface area contributed by atoms with E-state index in [2.05, 4.69) is 10.3 Å². The van der Waals surface area contributed by atoms with E-state index in [1.165, 1.54) is 24.3 Å². The number of hydrogen-bond acceptors (Lipinski definition) is 2. The SMILES string of the molecule is Cc1[nH]c2c(C)ccc(C)c2c1CC(=O)NC(CC(=O)O)c1ccc(F)cc1. The van der Waals surface area contributed by atoms with E-state index in [0.29, 0.717) is 5.56 Å².